The number of nitrogens with zero attached hydrogens (tertiary/aromatic N) is 1. The first-order valence-electron chi connectivity index (χ1n) is 5.23. The van der Waals surface area contributed by atoms with E-state index in [9.17, 15) is 4.79 Å². The van der Waals surface area contributed by atoms with E-state index in [2.05, 4.69) is 15.9 Å². The quantitative estimate of drug-likeness (QED) is 0.827. The van der Waals surface area contributed by atoms with E-state index >= 15 is 0 Å². The highest BCUT2D eigenvalue weighted by Crippen LogP contribution is 2.24. The maximum Gasteiger partial charge on any atom is 0.254 e. The van der Waals surface area contributed by atoms with Crippen LogP contribution in [0.5, 0.6) is 0 Å². The van der Waals surface area contributed by atoms with Crippen LogP contribution in [0.2, 0.25) is 5.02 Å². The molecule has 0 bridgehead atoms. The fourth-order valence-electron chi connectivity index (χ4n) is 1.54. The summed E-state index contributed by atoms with van der Waals surface area (Å²) in [5, 5.41) is 0.561. The van der Waals surface area contributed by atoms with Crippen LogP contribution >= 0.6 is 27.5 Å². The van der Waals surface area contributed by atoms with Crippen molar-refractivity contribution in [1.29, 1.82) is 0 Å². The summed E-state index contributed by atoms with van der Waals surface area (Å²) in [7, 11) is 0. The van der Waals surface area contributed by atoms with Crippen LogP contribution in [0.1, 0.15) is 31.1 Å². The molecule has 16 heavy (non-hydrogen) atoms. The molecule has 0 heterocycles. The van der Waals surface area contributed by atoms with Crippen LogP contribution in [0.15, 0.2) is 22.7 Å². The average Bonchev–Trinajstić information content (AvgIpc) is 2.22. The second-order valence-electron chi connectivity index (χ2n) is 3.81. The van der Waals surface area contributed by atoms with E-state index in [4.69, 9.17) is 11.6 Å². The number of carbonyl (C=O) groups excluding carboxylic acids is 1. The van der Waals surface area contributed by atoms with Crippen LogP contribution in [0, 0.1) is 0 Å². The highest BCUT2D eigenvalue weighted by molar-refractivity contribution is 9.10. The Morgan fingerprint density at radius 3 is 2.56 bits per heavy atom. The molecule has 0 aliphatic rings. The number of rotatable bonds is 3. The zero-order chi connectivity index (χ0) is 12.3. The minimum absolute atomic E-state index is 0.0203. The Morgan fingerprint density at radius 1 is 1.50 bits per heavy atom. The van der Waals surface area contributed by atoms with Gasteiger partial charge in [0.15, 0.2) is 0 Å². The normalized spacial score (nSPS) is 10.6. The third kappa shape index (κ3) is 2.98. The van der Waals surface area contributed by atoms with Crippen molar-refractivity contribution in [2.75, 3.05) is 6.54 Å². The maximum atomic E-state index is 12.1. The number of amides is 1. The molecule has 88 valence electrons. The standard InChI is InChI=1S/C12H15BrClNO/c1-4-15(8(2)3)12(16)9-5-6-10(13)11(14)7-9/h5-8H,4H2,1-3H3. The number of hydrogen-bond donors (Lipinski definition) is 0. The van der Waals surface area contributed by atoms with Crippen molar-refractivity contribution >= 4 is 33.4 Å². The topological polar surface area (TPSA) is 20.3 Å². The first-order chi connectivity index (χ1) is 7.47. The summed E-state index contributed by atoms with van der Waals surface area (Å²) in [6.07, 6.45) is 0. The van der Waals surface area contributed by atoms with Gasteiger partial charge in [-0.3, -0.25) is 4.79 Å². The highest BCUT2D eigenvalue weighted by atomic mass is 79.9. The molecule has 1 rings (SSSR count). The number of halogens is 2. The first-order valence-corrected chi connectivity index (χ1v) is 6.40. The minimum Gasteiger partial charge on any atom is -0.337 e. The van der Waals surface area contributed by atoms with Gasteiger partial charge in [0.1, 0.15) is 0 Å². The first kappa shape index (κ1) is 13.5. The average molecular weight is 305 g/mol. The number of benzene rings is 1. The smallest absolute Gasteiger partial charge is 0.254 e. The molecule has 0 fully saturated rings. The van der Waals surface area contributed by atoms with Gasteiger partial charge in [0, 0.05) is 22.6 Å². The van der Waals surface area contributed by atoms with Gasteiger partial charge in [0.2, 0.25) is 0 Å². The van der Waals surface area contributed by atoms with Gasteiger partial charge in [-0.25, -0.2) is 0 Å². The lowest BCUT2D eigenvalue weighted by atomic mass is 10.1. The molecule has 0 saturated heterocycles. The van der Waals surface area contributed by atoms with Crippen molar-refractivity contribution in [3.8, 4) is 0 Å². The Morgan fingerprint density at radius 2 is 2.12 bits per heavy atom. The van der Waals surface area contributed by atoms with Crippen molar-refractivity contribution < 1.29 is 4.79 Å². The Kier molecular flexibility index (Phi) is 4.81. The van der Waals surface area contributed by atoms with E-state index in [1.807, 2.05) is 20.8 Å². The third-order valence-corrected chi connectivity index (χ3v) is 3.62. The molecule has 0 aliphatic heterocycles. The summed E-state index contributed by atoms with van der Waals surface area (Å²) >= 11 is 9.27. The van der Waals surface area contributed by atoms with Crippen molar-refractivity contribution in [2.24, 2.45) is 0 Å². The molecule has 0 spiro atoms. The zero-order valence-electron chi connectivity index (χ0n) is 9.63. The van der Waals surface area contributed by atoms with E-state index in [1.165, 1.54) is 0 Å². The molecule has 0 atom stereocenters. The summed E-state index contributed by atoms with van der Waals surface area (Å²) in [6.45, 7) is 6.67. The number of carbonyl (C=O) groups is 1. The monoisotopic (exact) mass is 303 g/mol. The molecule has 2 nitrogen and oxygen atoms in total. The molecule has 1 aromatic carbocycles. The molecule has 4 heteroatoms. The fourth-order valence-corrected chi connectivity index (χ4v) is 1.97. The molecule has 0 aromatic heterocycles. The van der Waals surface area contributed by atoms with Crippen LogP contribution in [-0.4, -0.2) is 23.4 Å². The molecular formula is C12H15BrClNO. The van der Waals surface area contributed by atoms with Crippen LogP contribution in [-0.2, 0) is 0 Å². The van der Waals surface area contributed by atoms with Gasteiger partial charge in [-0.1, -0.05) is 11.6 Å². The van der Waals surface area contributed by atoms with Gasteiger partial charge in [0.25, 0.3) is 5.91 Å². The molecule has 0 aliphatic carbocycles. The molecule has 0 unspecified atom stereocenters. The van der Waals surface area contributed by atoms with Gasteiger partial charge in [0.05, 0.1) is 5.02 Å². The zero-order valence-corrected chi connectivity index (χ0v) is 12.0. The summed E-state index contributed by atoms with van der Waals surface area (Å²) < 4.78 is 0.804. The van der Waals surface area contributed by atoms with Crippen LogP contribution in [0.25, 0.3) is 0 Å². The molecule has 0 saturated carbocycles. The summed E-state index contributed by atoms with van der Waals surface area (Å²) in [5.41, 5.74) is 0.628. The van der Waals surface area contributed by atoms with Gasteiger partial charge >= 0.3 is 0 Å². The van der Waals surface area contributed by atoms with Crippen molar-refractivity contribution in [3.63, 3.8) is 0 Å². The second kappa shape index (κ2) is 5.69. The predicted molar refractivity (Wildman–Crippen MR) is 71.0 cm³/mol. The number of hydrogen-bond acceptors (Lipinski definition) is 1. The Bertz CT molecular complexity index is 393. The van der Waals surface area contributed by atoms with Crippen molar-refractivity contribution in [2.45, 2.75) is 26.8 Å². The largest absolute Gasteiger partial charge is 0.337 e. The lowest BCUT2D eigenvalue weighted by Gasteiger charge is -2.25. The maximum absolute atomic E-state index is 12.1. The van der Waals surface area contributed by atoms with E-state index in [1.54, 1.807) is 23.1 Å². The van der Waals surface area contributed by atoms with Crippen LogP contribution in [0.3, 0.4) is 0 Å². The Balaban J connectivity index is 2.99. The second-order valence-corrected chi connectivity index (χ2v) is 5.08. The van der Waals surface area contributed by atoms with Gasteiger partial charge in [-0.05, 0) is 54.9 Å². The predicted octanol–water partition coefficient (Wildman–Crippen LogP) is 3.97. The Hall–Kier alpha value is -0.540. The minimum atomic E-state index is 0.0203. The van der Waals surface area contributed by atoms with E-state index in [-0.39, 0.29) is 11.9 Å². The fraction of sp³-hybridized carbons (Fsp3) is 0.417. The van der Waals surface area contributed by atoms with E-state index < -0.39 is 0 Å². The van der Waals surface area contributed by atoms with Gasteiger partial charge < -0.3 is 4.90 Å². The lowest BCUT2D eigenvalue weighted by Crippen LogP contribution is -2.36. The summed E-state index contributed by atoms with van der Waals surface area (Å²) in [4.78, 5) is 13.9. The molecule has 0 N–H and O–H groups in total. The van der Waals surface area contributed by atoms with E-state index in [0.29, 0.717) is 17.1 Å². The van der Waals surface area contributed by atoms with Gasteiger partial charge in [-0.15, -0.1) is 0 Å². The van der Waals surface area contributed by atoms with Crippen LogP contribution in [0.4, 0.5) is 0 Å². The van der Waals surface area contributed by atoms with Crippen molar-refractivity contribution in [1.82, 2.24) is 4.90 Å². The molecular weight excluding hydrogens is 289 g/mol. The van der Waals surface area contributed by atoms with E-state index in [0.717, 1.165) is 4.47 Å². The highest BCUT2D eigenvalue weighted by Gasteiger charge is 2.17. The SMILES string of the molecule is CCN(C(=O)c1ccc(Br)c(Cl)c1)C(C)C. The Labute approximate surface area is 110 Å². The summed E-state index contributed by atoms with van der Waals surface area (Å²) in [5.74, 6) is 0.0203. The van der Waals surface area contributed by atoms with Crippen LogP contribution < -0.4 is 0 Å². The van der Waals surface area contributed by atoms with Gasteiger partial charge in [-0.2, -0.15) is 0 Å². The molecule has 0 radical (unpaired) electrons. The van der Waals surface area contributed by atoms with Crippen molar-refractivity contribution in [3.05, 3.63) is 33.3 Å². The lowest BCUT2D eigenvalue weighted by molar-refractivity contribution is 0.0717. The third-order valence-electron chi connectivity index (χ3n) is 2.39. The molecule has 1 amide bonds. The summed E-state index contributed by atoms with van der Waals surface area (Å²) in [6, 6.07) is 5.46. The molecule has 1 aromatic rings.